The Morgan fingerprint density at radius 3 is 2.55 bits per heavy atom. The van der Waals surface area contributed by atoms with Gasteiger partial charge in [-0.2, -0.15) is 4.98 Å². The van der Waals surface area contributed by atoms with Crippen LogP contribution in [-0.4, -0.2) is 36.5 Å². The predicted molar refractivity (Wildman–Crippen MR) is 72.2 cm³/mol. The van der Waals surface area contributed by atoms with Crippen LogP contribution in [0.2, 0.25) is 0 Å². The van der Waals surface area contributed by atoms with Crippen LogP contribution in [0.3, 0.4) is 0 Å². The molecule has 0 radical (unpaired) electrons. The summed E-state index contributed by atoms with van der Waals surface area (Å²) < 4.78 is 16.9. The quantitative estimate of drug-likeness (QED) is 0.880. The molecule has 1 saturated carbocycles. The highest BCUT2D eigenvalue weighted by molar-refractivity contribution is 5.14. The summed E-state index contributed by atoms with van der Waals surface area (Å²) >= 11 is 0. The van der Waals surface area contributed by atoms with Gasteiger partial charge in [0.05, 0.1) is 5.41 Å². The van der Waals surface area contributed by atoms with Gasteiger partial charge in [0.15, 0.2) is 0 Å². The second kappa shape index (κ2) is 5.42. The van der Waals surface area contributed by atoms with E-state index < -0.39 is 5.60 Å². The van der Waals surface area contributed by atoms with Gasteiger partial charge in [-0.05, 0) is 19.8 Å². The van der Waals surface area contributed by atoms with E-state index in [4.69, 9.17) is 19.7 Å². The average molecular weight is 281 g/mol. The van der Waals surface area contributed by atoms with Crippen molar-refractivity contribution < 1.29 is 14.0 Å². The van der Waals surface area contributed by atoms with E-state index in [1.807, 2.05) is 6.92 Å². The van der Waals surface area contributed by atoms with Gasteiger partial charge < -0.3 is 19.7 Å². The molecule has 1 aliphatic heterocycles. The Labute approximate surface area is 119 Å². The fourth-order valence-corrected chi connectivity index (χ4v) is 3.14. The van der Waals surface area contributed by atoms with E-state index in [0.717, 1.165) is 25.7 Å². The zero-order chi connectivity index (χ0) is 14.1. The Morgan fingerprint density at radius 1 is 1.25 bits per heavy atom. The molecule has 1 aliphatic carbocycles. The summed E-state index contributed by atoms with van der Waals surface area (Å²) in [7, 11) is 0. The molecular formula is C14H23N3O3. The number of rotatable bonds is 5. The average Bonchev–Trinajstić information content (AvgIpc) is 2.90. The summed E-state index contributed by atoms with van der Waals surface area (Å²) in [4.78, 5) is 4.65. The maximum absolute atomic E-state index is 5.97. The number of aromatic nitrogens is 2. The molecule has 1 saturated heterocycles. The Balaban J connectivity index is 1.87. The van der Waals surface area contributed by atoms with Crippen LogP contribution in [-0.2, 0) is 20.5 Å². The van der Waals surface area contributed by atoms with Gasteiger partial charge in [0, 0.05) is 39.2 Å². The van der Waals surface area contributed by atoms with Crippen molar-refractivity contribution >= 4 is 0 Å². The van der Waals surface area contributed by atoms with E-state index in [1.54, 1.807) is 0 Å². The molecule has 0 unspecified atom stereocenters. The molecule has 0 amide bonds. The first-order chi connectivity index (χ1) is 9.75. The Morgan fingerprint density at radius 2 is 2.00 bits per heavy atom. The number of hydrogen-bond donors (Lipinski definition) is 1. The molecule has 1 aromatic heterocycles. The first-order valence-electron chi connectivity index (χ1n) is 7.51. The van der Waals surface area contributed by atoms with Crippen LogP contribution < -0.4 is 5.73 Å². The minimum atomic E-state index is -0.450. The van der Waals surface area contributed by atoms with Crippen LogP contribution in [0.1, 0.15) is 50.7 Å². The van der Waals surface area contributed by atoms with Crippen molar-refractivity contribution in [3.63, 3.8) is 0 Å². The van der Waals surface area contributed by atoms with E-state index in [1.165, 1.54) is 6.42 Å². The Hall–Kier alpha value is -0.980. The lowest BCUT2D eigenvalue weighted by atomic mass is 9.68. The van der Waals surface area contributed by atoms with Gasteiger partial charge in [-0.25, -0.2) is 0 Å². The number of nitrogens with two attached hydrogens (primary N) is 1. The number of hydrogen-bond acceptors (Lipinski definition) is 6. The van der Waals surface area contributed by atoms with Crippen molar-refractivity contribution in [2.75, 3.05) is 26.4 Å². The van der Waals surface area contributed by atoms with Crippen molar-refractivity contribution in [3.05, 3.63) is 11.7 Å². The highest BCUT2D eigenvalue weighted by Crippen LogP contribution is 2.43. The van der Waals surface area contributed by atoms with E-state index in [2.05, 4.69) is 10.1 Å². The third-order valence-electron chi connectivity index (χ3n) is 4.71. The molecule has 6 nitrogen and oxygen atoms in total. The third kappa shape index (κ3) is 2.16. The van der Waals surface area contributed by atoms with Crippen LogP contribution in [0.25, 0.3) is 0 Å². The second-order valence-electron chi connectivity index (χ2n) is 5.80. The van der Waals surface area contributed by atoms with Crippen molar-refractivity contribution in [2.24, 2.45) is 5.73 Å². The van der Waals surface area contributed by atoms with E-state index in [9.17, 15) is 0 Å². The first kappa shape index (κ1) is 14.0. The van der Waals surface area contributed by atoms with E-state index >= 15 is 0 Å². The van der Waals surface area contributed by atoms with Crippen molar-refractivity contribution in [1.82, 2.24) is 10.1 Å². The molecule has 2 heterocycles. The lowest BCUT2D eigenvalue weighted by Crippen LogP contribution is -2.42. The SMILES string of the molecule is CCOC1(c2noc(C3(CN)CCC3)n2)CCOCC1. The molecular weight excluding hydrogens is 258 g/mol. The monoisotopic (exact) mass is 281 g/mol. The summed E-state index contributed by atoms with van der Waals surface area (Å²) in [5.74, 6) is 1.35. The molecule has 2 N–H and O–H groups in total. The molecule has 0 bridgehead atoms. The van der Waals surface area contributed by atoms with Crippen LogP contribution in [0.15, 0.2) is 4.52 Å². The molecule has 0 aromatic carbocycles. The van der Waals surface area contributed by atoms with Gasteiger partial charge in [-0.15, -0.1) is 0 Å². The highest BCUT2D eigenvalue weighted by atomic mass is 16.5. The van der Waals surface area contributed by atoms with Crippen molar-refractivity contribution in [2.45, 2.75) is 50.0 Å². The lowest BCUT2D eigenvalue weighted by Gasteiger charge is -2.37. The topological polar surface area (TPSA) is 83.4 Å². The molecule has 0 spiro atoms. The Kier molecular flexibility index (Phi) is 3.79. The third-order valence-corrected chi connectivity index (χ3v) is 4.71. The second-order valence-corrected chi connectivity index (χ2v) is 5.80. The van der Waals surface area contributed by atoms with Crippen molar-refractivity contribution in [3.8, 4) is 0 Å². The minimum Gasteiger partial charge on any atom is -0.381 e. The largest absolute Gasteiger partial charge is 0.381 e. The van der Waals surface area contributed by atoms with E-state index in [0.29, 0.717) is 38.1 Å². The summed E-state index contributed by atoms with van der Waals surface area (Å²) in [6.07, 6.45) is 4.80. The van der Waals surface area contributed by atoms with Crippen LogP contribution in [0, 0.1) is 0 Å². The molecule has 0 atom stereocenters. The zero-order valence-electron chi connectivity index (χ0n) is 12.1. The molecule has 2 aliphatic rings. The number of nitrogens with zero attached hydrogens (tertiary/aromatic N) is 2. The smallest absolute Gasteiger partial charge is 0.234 e. The van der Waals surface area contributed by atoms with Gasteiger partial charge in [0.2, 0.25) is 11.7 Å². The van der Waals surface area contributed by atoms with Crippen molar-refractivity contribution in [1.29, 1.82) is 0 Å². The van der Waals surface area contributed by atoms with Gasteiger partial charge in [-0.1, -0.05) is 11.6 Å². The number of ether oxygens (including phenoxy) is 2. The standard InChI is InChI=1S/C14H23N3O3/c1-2-19-14(6-8-18-9-7-14)11-16-12(20-17-11)13(10-15)4-3-5-13/h2-10,15H2,1H3. The maximum atomic E-state index is 5.97. The first-order valence-corrected chi connectivity index (χ1v) is 7.51. The minimum absolute atomic E-state index is 0.0934. The Bertz CT molecular complexity index is 439. The fraction of sp³-hybridized carbons (Fsp3) is 0.857. The molecule has 112 valence electrons. The molecule has 3 rings (SSSR count). The normalized spacial score (nSPS) is 24.3. The molecule has 1 aromatic rings. The van der Waals surface area contributed by atoms with Crippen LogP contribution in [0.4, 0.5) is 0 Å². The lowest BCUT2D eigenvalue weighted by molar-refractivity contribution is -0.118. The van der Waals surface area contributed by atoms with Crippen LogP contribution >= 0.6 is 0 Å². The summed E-state index contributed by atoms with van der Waals surface area (Å²) in [5.41, 5.74) is 5.36. The van der Waals surface area contributed by atoms with Gasteiger partial charge in [-0.3, -0.25) is 0 Å². The fourth-order valence-electron chi connectivity index (χ4n) is 3.14. The molecule has 20 heavy (non-hydrogen) atoms. The van der Waals surface area contributed by atoms with Gasteiger partial charge >= 0.3 is 0 Å². The van der Waals surface area contributed by atoms with Crippen LogP contribution in [0.5, 0.6) is 0 Å². The maximum Gasteiger partial charge on any atom is 0.234 e. The molecule has 2 fully saturated rings. The molecule has 6 heteroatoms. The summed E-state index contributed by atoms with van der Waals surface area (Å²) in [6.45, 7) is 4.54. The van der Waals surface area contributed by atoms with E-state index in [-0.39, 0.29) is 5.41 Å². The zero-order valence-corrected chi connectivity index (χ0v) is 12.1. The summed E-state index contributed by atoms with van der Waals surface area (Å²) in [5, 5.41) is 4.20. The van der Waals surface area contributed by atoms with Gasteiger partial charge in [0.1, 0.15) is 5.60 Å². The highest BCUT2D eigenvalue weighted by Gasteiger charge is 2.45. The van der Waals surface area contributed by atoms with Gasteiger partial charge in [0.25, 0.3) is 0 Å². The predicted octanol–water partition coefficient (Wildman–Crippen LogP) is 1.49. The summed E-state index contributed by atoms with van der Waals surface area (Å²) in [6, 6.07) is 0.